The third-order valence-electron chi connectivity index (χ3n) is 2.49. The zero-order valence-electron chi connectivity index (χ0n) is 10.4. The SMILES string of the molecule is COc1cnc(C)cc1NCCC(C)SC. The van der Waals surface area contributed by atoms with Crippen molar-refractivity contribution in [2.45, 2.75) is 25.5 Å². The molecule has 0 aliphatic rings. The lowest BCUT2D eigenvalue weighted by atomic mass is 10.3. The number of rotatable bonds is 6. The molecule has 0 radical (unpaired) electrons. The average molecular weight is 240 g/mol. The largest absolute Gasteiger partial charge is 0.493 e. The highest BCUT2D eigenvalue weighted by atomic mass is 32.2. The Hall–Kier alpha value is -0.900. The number of thioether (sulfide) groups is 1. The lowest BCUT2D eigenvalue weighted by Crippen LogP contribution is -2.08. The Morgan fingerprint density at radius 3 is 2.94 bits per heavy atom. The van der Waals surface area contributed by atoms with Crippen LogP contribution in [0.5, 0.6) is 5.75 Å². The molecule has 0 amide bonds. The van der Waals surface area contributed by atoms with Crippen LogP contribution in [0.25, 0.3) is 0 Å². The fraction of sp³-hybridized carbons (Fsp3) is 0.583. The van der Waals surface area contributed by atoms with E-state index >= 15 is 0 Å². The third-order valence-corrected chi connectivity index (χ3v) is 3.53. The Kier molecular flexibility index (Phi) is 5.46. The van der Waals surface area contributed by atoms with Gasteiger partial charge in [0.25, 0.3) is 0 Å². The van der Waals surface area contributed by atoms with Crippen molar-refractivity contribution < 1.29 is 4.74 Å². The van der Waals surface area contributed by atoms with Crippen molar-refractivity contribution in [3.63, 3.8) is 0 Å². The van der Waals surface area contributed by atoms with Gasteiger partial charge in [-0.3, -0.25) is 4.98 Å². The van der Waals surface area contributed by atoms with Crippen LogP contribution in [0.2, 0.25) is 0 Å². The predicted molar refractivity (Wildman–Crippen MR) is 71.6 cm³/mol. The second-order valence-electron chi connectivity index (χ2n) is 3.79. The zero-order chi connectivity index (χ0) is 12.0. The summed E-state index contributed by atoms with van der Waals surface area (Å²) in [6.45, 7) is 5.18. The molecule has 0 aliphatic carbocycles. The molecule has 0 spiro atoms. The van der Waals surface area contributed by atoms with Crippen LogP contribution in [0.3, 0.4) is 0 Å². The van der Waals surface area contributed by atoms with Gasteiger partial charge in [0.2, 0.25) is 0 Å². The van der Waals surface area contributed by atoms with Crippen LogP contribution in [0, 0.1) is 6.92 Å². The monoisotopic (exact) mass is 240 g/mol. The molecule has 1 rings (SSSR count). The van der Waals surface area contributed by atoms with E-state index in [0.717, 1.165) is 30.1 Å². The molecule has 1 N–H and O–H groups in total. The molecular weight excluding hydrogens is 220 g/mol. The first-order valence-corrected chi connectivity index (χ1v) is 6.73. The maximum atomic E-state index is 5.25. The number of aromatic nitrogens is 1. The van der Waals surface area contributed by atoms with E-state index in [-0.39, 0.29) is 0 Å². The molecule has 0 saturated heterocycles. The summed E-state index contributed by atoms with van der Waals surface area (Å²) in [5, 5.41) is 4.07. The van der Waals surface area contributed by atoms with Crippen molar-refractivity contribution in [1.29, 1.82) is 0 Å². The Labute approximate surface area is 102 Å². The summed E-state index contributed by atoms with van der Waals surface area (Å²) in [5.74, 6) is 0.808. The molecule has 0 aliphatic heterocycles. The molecule has 0 saturated carbocycles. The van der Waals surface area contributed by atoms with Gasteiger partial charge < -0.3 is 10.1 Å². The van der Waals surface area contributed by atoms with Crippen LogP contribution in [0.15, 0.2) is 12.3 Å². The van der Waals surface area contributed by atoms with Gasteiger partial charge in [0.05, 0.1) is 19.0 Å². The summed E-state index contributed by atoms with van der Waals surface area (Å²) in [5.41, 5.74) is 2.03. The van der Waals surface area contributed by atoms with E-state index in [1.807, 2.05) is 24.8 Å². The smallest absolute Gasteiger partial charge is 0.160 e. The second kappa shape index (κ2) is 6.63. The second-order valence-corrected chi connectivity index (χ2v) is 5.06. The fourth-order valence-corrected chi connectivity index (χ4v) is 1.73. The van der Waals surface area contributed by atoms with E-state index in [9.17, 15) is 0 Å². The van der Waals surface area contributed by atoms with Crippen LogP contribution < -0.4 is 10.1 Å². The summed E-state index contributed by atoms with van der Waals surface area (Å²) in [6.07, 6.45) is 5.04. The molecular formula is C12H20N2OS. The molecule has 1 atom stereocenters. The van der Waals surface area contributed by atoms with Gasteiger partial charge in [-0.2, -0.15) is 11.8 Å². The molecule has 1 heterocycles. The summed E-state index contributed by atoms with van der Waals surface area (Å²) < 4.78 is 5.25. The number of aryl methyl sites for hydroxylation is 1. The molecule has 4 heteroatoms. The molecule has 0 bridgehead atoms. The van der Waals surface area contributed by atoms with E-state index in [1.165, 1.54) is 0 Å². The number of pyridine rings is 1. The van der Waals surface area contributed by atoms with Gasteiger partial charge in [-0.05, 0) is 25.7 Å². The first kappa shape index (κ1) is 13.2. The Balaban J connectivity index is 2.55. The quantitative estimate of drug-likeness (QED) is 0.829. The molecule has 1 aromatic heterocycles. The number of hydrogen-bond donors (Lipinski definition) is 1. The van der Waals surface area contributed by atoms with Crippen molar-refractivity contribution >= 4 is 17.4 Å². The van der Waals surface area contributed by atoms with Crippen LogP contribution in [-0.2, 0) is 0 Å². The highest BCUT2D eigenvalue weighted by Gasteiger charge is 2.04. The molecule has 0 aromatic carbocycles. The Morgan fingerprint density at radius 2 is 2.31 bits per heavy atom. The van der Waals surface area contributed by atoms with Gasteiger partial charge >= 0.3 is 0 Å². The van der Waals surface area contributed by atoms with Gasteiger partial charge in [0.1, 0.15) is 0 Å². The Bertz CT molecular complexity index is 331. The normalized spacial score (nSPS) is 12.2. The van der Waals surface area contributed by atoms with Crippen LogP contribution >= 0.6 is 11.8 Å². The minimum Gasteiger partial charge on any atom is -0.493 e. The first-order valence-electron chi connectivity index (χ1n) is 5.44. The van der Waals surface area contributed by atoms with Crippen LogP contribution in [0.1, 0.15) is 19.0 Å². The van der Waals surface area contributed by atoms with Gasteiger partial charge in [0.15, 0.2) is 5.75 Å². The molecule has 1 aromatic rings. The highest BCUT2D eigenvalue weighted by Crippen LogP contribution is 2.23. The standard InChI is InChI=1S/C12H20N2OS/c1-9-7-11(12(15-3)8-14-9)13-6-5-10(2)16-4/h7-8,10H,5-6H2,1-4H3,(H,13,14). The number of ether oxygens (including phenoxy) is 1. The van der Waals surface area contributed by atoms with E-state index in [2.05, 4.69) is 23.5 Å². The summed E-state index contributed by atoms with van der Waals surface area (Å²) >= 11 is 1.89. The van der Waals surface area contributed by atoms with Crippen LogP contribution in [-0.4, -0.2) is 30.1 Å². The lowest BCUT2D eigenvalue weighted by molar-refractivity contribution is 0.414. The number of methoxy groups -OCH3 is 1. The summed E-state index contributed by atoms with van der Waals surface area (Å²) in [7, 11) is 1.67. The van der Waals surface area contributed by atoms with Gasteiger partial charge in [0, 0.05) is 17.5 Å². The van der Waals surface area contributed by atoms with Crippen molar-refractivity contribution in [1.82, 2.24) is 4.98 Å². The van der Waals surface area contributed by atoms with Gasteiger partial charge in [-0.25, -0.2) is 0 Å². The molecule has 1 unspecified atom stereocenters. The van der Waals surface area contributed by atoms with Crippen molar-refractivity contribution in [2.24, 2.45) is 0 Å². The van der Waals surface area contributed by atoms with Gasteiger partial charge in [-0.1, -0.05) is 6.92 Å². The molecule has 90 valence electrons. The Morgan fingerprint density at radius 1 is 1.56 bits per heavy atom. The van der Waals surface area contributed by atoms with E-state index in [4.69, 9.17) is 4.74 Å². The number of anilines is 1. The zero-order valence-corrected chi connectivity index (χ0v) is 11.2. The maximum absolute atomic E-state index is 5.25. The summed E-state index contributed by atoms with van der Waals surface area (Å²) in [6, 6.07) is 2.02. The fourth-order valence-electron chi connectivity index (χ4n) is 1.38. The van der Waals surface area contributed by atoms with Crippen LogP contribution in [0.4, 0.5) is 5.69 Å². The average Bonchev–Trinajstić information content (AvgIpc) is 2.29. The minimum absolute atomic E-state index is 0.682. The van der Waals surface area contributed by atoms with E-state index in [1.54, 1.807) is 13.3 Å². The predicted octanol–water partition coefficient (Wildman–Crippen LogP) is 2.95. The number of nitrogens with zero attached hydrogens (tertiary/aromatic N) is 1. The molecule has 3 nitrogen and oxygen atoms in total. The van der Waals surface area contributed by atoms with Crippen molar-refractivity contribution in [3.8, 4) is 5.75 Å². The van der Waals surface area contributed by atoms with Crippen molar-refractivity contribution in [2.75, 3.05) is 25.2 Å². The molecule has 0 fully saturated rings. The van der Waals surface area contributed by atoms with Crippen molar-refractivity contribution in [3.05, 3.63) is 18.0 Å². The lowest BCUT2D eigenvalue weighted by Gasteiger charge is -2.13. The summed E-state index contributed by atoms with van der Waals surface area (Å²) in [4.78, 5) is 4.20. The minimum atomic E-state index is 0.682. The first-order chi connectivity index (χ1) is 7.67. The maximum Gasteiger partial charge on any atom is 0.160 e. The molecule has 16 heavy (non-hydrogen) atoms. The van der Waals surface area contributed by atoms with E-state index < -0.39 is 0 Å². The number of nitrogens with one attached hydrogen (secondary N) is 1. The number of hydrogen-bond acceptors (Lipinski definition) is 4. The highest BCUT2D eigenvalue weighted by molar-refractivity contribution is 7.99. The topological polar surface area (TPSA) is 34.1 Å². The van der Waals surface area contributed by atoms with Gasteiger partial charge in [-0.15, -0.1) is 0 Å². The third kappa shape index (κ3) is 3.93. The van der Waals surface area contributed by atoms with E-state index in [0.29, 0.717) is 5.25 Å².